The van der Waals surface area contributed by atoms with Gasteiger partial charge in [-0.3, -0.25) is 9.59 Å². The molecule has 2 aromatic carbocycles. The molecule has 2 N–H and O–H groups in total. The number of halogens is 3. The van der Waals surface area contributed by atoms with Crippen molar-refractivity contribution in [3.05, 3.63) is 82.2 Å². The van der Waals surface area contributed by atoms with Crippen LogP contribution in [0.15, 0.2) is 42.5 Å². The number of hydrogen-bond acceptors (Lipinski definition) is 4. The molecule has 228 valence electrons. The number of aliphatic hydroxyl groups excluding tert-OH is 1. The van der Waals surface area contributed by atoms with Crippen LogP contribution in [0.3, 0.4) is 0 Å². The predicted molar refractivity (Wildman–Crippen MR) is 158 cm³/mol. The molecular formula is C34H42F3NO4. The Morgan fingerprint density at radius 1 is 1.14 bits per heavy atom. The Hall–Kier alpha value is -3.39. The first kappa shape index (κ1) is 33.1. The van der Waals surface area contributed by atoms with Crippen LogP contribution >= 0.6 is 0 Å². The maximum atomic E-state index is 16.1. The molecule has 3 rings (SSSR count). The number of amides is 1. The highest BCUT2D eigenvalue weighted by atomic mass is 19.2. The van der Waals surface area contributed by atoms with Gasteiger partial charge >= 0.3 is 5.97 Å². The molecule has 42 heavy (non-hydrogen) atoms. The zero-order valence-corrected chi connectivity index (χ0v) is 25.0. The van der Waals surface area contributed by atoms with Crippen molar-refractivity contribution in [3.8, 4) is 11.1 Å². The van der Waals surface area contributed by atoms with Gasteiger partial charge in [-0.2, -0.15) is 0 Å². The van der Waals surface area contributed by atoms with Crippen LogP contribution in [0.25, 0.3) is 11.1 Å². The van der Waals surface area contributed by atoms with E-state index in [-0.39, 0.29) is 36.5 Å². The number of aliphatic hydroxyl groups is 1. The molecule has 0 saturated heterocycles. The number of aryl methyl sites for hydroxylation is 1. The second-order valence-corrected chi connectivity index (χ2v) is 11.2. The van der Waals surface area contributed by atoms with Crippen LogP contribution in [-0.4, -0.2) is 29.7 Å². The molecule has 1 aliphatic rings. The molecule has 0 unspecified atom stereocenters. The molecule has 0 heterocycles. The van der Waals surface area contributed by atoms with Crippen LogP contribution in [0, 0.1) is 24.4 Å². The largest absolute Gasteiger partial charge is 0.466 e. The van der Waals surface area contributed by atoms with Gasteiger partial charge in [0.2, 0.25) is 5.91 Å². The molecule has 1 saturated carbocycles. The summed E-state index contributed by atoms with van der Waals surface area (Å²) in [7, 11) is 0. The lowest BCUT2D eigenvalue weighted by Crippen LogP contribution is -2.38. The highest BCUT2D eigenvalue weighted by molar-refractivity contribution is 5.82. The number of ether oxygens (including phenoxy) is 1. The Balaban J connectivity index is 2.14. The van der Waals surface area contributed by atoms with Crippen molar-refractivity contribution < 1.29 is 32.6 Å². The minimum Gasteiger partial charge on any atom is -0.466 e. The number of hydrogen-bond donors (Lipinski definition) is 2. The normalized spacial score (nSPS) is 14.2. The smallest absolute Gasteiger partial charge is 0.308 e. The van der Waals surface area contributed by atoms with Crippen LogP contribution in [0.5, 0.6) is 0 Å². The molecule has 5 nitrogen and oxygen atoms in total. The molecule has 8 heteroatoms. The third-order valence-corrected chi connectivity index (χ3v) is 7.44. The second-order valence-electron chi connectivity index (χ2n) is 11.2. The van der Waals surface area contributed by atoms with E-state index in [1.54, 1.807) is 19.9 Å². The summed E-state index contributed by atoms with van der Waals surface area (Å²) < 4.78 is 51.2. The maximum absolute atomic E-state index is 16.1. The maximum Gasteiger partial charge on any atom is 0.308 e. The van der Waals surface area contributed by atoms with E-state index in [0.29, 0.717) is 35.1 Å². The fraction of sp³-hybridized carbons (Fsp3) is 0.471. The molecule has 0 spiro atoms. The van der Waals surface area contributed by atoms with Gasteiger partial charge in [0.15, 0.2) is 11.6 Å². The minimum atomic E-state index is -1.44. The summed E-state index contributed by atoms with van der Waals surface area (Å²) in [6, 6.07) is 3.16. The highest BCUT2D eigenvalue weighted by Gasteiger charge is 2.33. The van der Waals surface area contributed by atoms with Crippen molar-refractivity contribution in [2.75, 3.05) is 6.61 Å². The zero-order valence-electron chi connectivity index (χ0n) is 25.0. The van der Waals surface area contributed by atoms with E-state index in [2.05, 4.69) is 18.0 Å². The molecule has 1 fully saturated rings. The van der Waals surface area contributed by atoms with Crippen LogP contribution in [-0.2, 0) is 20.7 Å². The average molecular weight is 586 g/mol. The van der Waals surface area contributed by atoms with E-state index in [4.69, 9.17) is 4.74 Å². The van der Waals surface area contributed by atoms with Gasteiger partial charge in [0, 0.05) is 12.0 Å². The lowest BCUT2D eigenvalue weighted by atomic mass is 9.87. The quantitative estimate of drug-likeness (QED) is 0.128. The van der Waals surface area contributed by atoms with Crippen molar-refractivity contribution in [2.24, 2.45) is 0 Å². The summed E-state index contributed by atoms with van der Waals surface area (Å²) in [6.45, 7) is 11.0. The lowest BCUT2D eigenvalue weighted by molar-refractivity contribution is -0.144. The monoisotopic (exact) mass is 585 g/mol. The fourth-order valence-electron chi connectivity index (χ4n) is 5.21. The van der Waals surface area contributed by atoms with Crippen molar-refractivity contribution in [3.63, 3.8) is 0 Å². The van der Waals surface area contributed by atoms with E-state index in [9.17, 15) is 19.1 Å². The van der Waals surface area contributed by atoms with Crippen LogP contribution in [0.1, 0.15) is 99.9 Å². The Morgan fingerprint density at radius 3 is 2.48 bits per heavy atom. The van der Waals surface area contributed by atoms with Crippen molar-refractivity contribution in [2.45, 2.75) is 97.1 Å². The second kappa shape index (κ2) is 15.2. The van der Waals surface area contributed by atoms with Gasteiger partial charge in [-0.25, -0.2) is 13.2 Å². The predicted octanol–water partition coefficient (Wildman–Crippen LogP) is 7.68. The number of allylic oxidation sites excluding steroid dienone is 2. The topological polar surface area (TPSA) is 75.6 Å². The first-order chi connectivity index (χ1) is 20.0. The first-order valence-corrected chi connectivity index (χ1v) is 14.7. The van der Waals surface area contributed by atoms with Crippen molar-refractivity contribution in [1.29, 1.82) is 0 Å². The molecule has 2 atom stereocenters. The van der Waals surface area contributed by atoms with Crippen LogP contribution in [0.4, 0.5) is 13.2 Å². The van der Waals surface area contributed by atoms with Crippen LogP contribution in [0.2, 0.25) is 0 Å². The summed E-state index contributed by atoms with van der Waals surface area (Å²) in [4.78, 5) is 25.3. The van der Waals surface area contributed by atoms with Gasteiger partial charge < -0.3 is 15.2 Å². The van der Waals surface area contributed by atoms with Gasteiger partial charge in [0.25, 0.3) is 0 Å². The third kappa shape index (κ3) is 8.57. The van der Waals surface area contributed by atoms with E-state index >= 15 is 8.78 Å². The van der Waals surface area contributed by atoms with E-state index in [1.165, 1.54) is 17.7 Å². The molecule has 0 aliphatic heterocycles. The minimum absolute atomic E-state index is 0.0280. The van der Waals surface area contributed by atoms with Crippen LogP contribution < -0.4 is 5.32 Å². The van der Waals surface area contributed by atoms with Gasteiger partial charge in [0.05, 0.1) is 19.1 Å². The number of esters is 1. The van der Waals surface area contributed by atoms with E-state index < -0.39 is 41.5 Å². The molecule has 0 bridgehead atoms. The Kier molecular flexibility index (Phi) is 12.0. The summed E-state index contributed by atoms with van der Waals surface area (Å²) >= 11 is 0. The Morgan fingerprint density at radius 2 is 1.86 bits per heavy atom. The summed E-state index contributed by atoms with van der Waals surface area (Å²) in [6.07, 6.45) is 5.71. The summed E-state index contributed by atoms with van der Waals surface area (Å²) in [5.41, 5.74) is 3.30. The molecule has 0 radical (unpaired) electrons. The Labute approximate surface area is 246 Å². The van der Waals surface area contributed by atoms with Gasteiger partial charge in [-0.15, -0.1) is 6.58 Å². The molecule has 1 aliphatic carbocycles. The number of benzene rings is 2. The number of unbranched alkanes of at least 4 members (excludes halogenated alkanes) is 2. The SMILES string of the molecule is C=CC[C@@H](O)C(=O)N[C@@H](CC(=O)OCC)c1cc(-c2c(C)cc(F)c(F)c2CCCCC=C(C)C)cc(C2CC2)c1F. The van der Waals surface area contributed by atoms with Gasteiger partial charge in [-0.1, -0.05) is 17.7 Å². The molecule has 0 aromatic heterocycles. The van der Waals surface area contributed by atoms with E-state index in [0.717, 1.165) is 31.7 Å². The number of rotatable bonds is 15. The van der Waals surface area contributed by atoms with Crippen molar-refractivity contribution >= 4 is 11.9 Å². The molecule has 1 amide bonds. The highest BCUT2D eigenvalue weighted by Crippen LogP contribution is 2.45. The fourth-order valence-corrected chi connectivity index (χ4v) is 5.21. The number of carbonyl (C=O) groups excluding carboxylic acids is 2. The van der Waals surface area contributed by atoms with E-state index in [1.807, 2.05) is 13.8 Å². The van der Waals surface area contributed by atoms with Gasteiger partial charge in [-0.05, 0) is 118 Å². The van der Waals surface area contributed by atoms with Crippen molar-refractivity contribution in [1.82, 2.24) is 5.32 Å². The third-order valence-electron chi connectivity index (χ3n) is 7.44. The summed E-state index contributed by atoms with van der Waals surface area (Å²) in [5.74, 6) is -3.95. The first-order valence-electron chi connectivity index (χ1n) is 14.7. The number of nitrogens with one attached hydrogen (secondary N) is 1. The van der Waals surface area contributed by atoms with Gasteiger partial charge in [0.1, 0.15) is 11.9 Å². The molecule has 2 aromatic rings. The number of carbonyl (C=O) groups is 2. The summed E-state index contributed by atoms with van der Waals surface area (Å²) in [5, 5.41) is 12.8. The zero-order chi connectivity index (χ0) is 31.0. The lowest BCUT2D eigenvalue weighted by Gasteiger charge is -2.24. The molecular weight excluding hydrogens is 543 g/mol. The average Bonchev–Trinajstić information content (AvgIpc) is 3.76. The standard InChI is InChI=1S/C34H42F3NO4/c1-6-11-29(39)34(41)38-28(19-30(40)42-7-2)26-18-23(17-25(32(26)36)22-14-15-22)31-21(5)16-27(35)33(37)24(31)13-10-8-9-12-20(3)4/h6,12,16-18,22,28-29,39H,1,7-11,13-15,19H2,2-5H3,(H,38,41)/t28-,29+/m0/s1. The Bertz CT molecular complexity index is 1330.